The van der Waals surface area contributed by atoms with Crippen LogP contribution in [0.3, 0.4) is 0 Å². The van der Waals surface area contributed by atoms with Gasteiger partial charge in [-0.25, -0.2) is 0 Å². The van der Waals surface area contributed by atoms with Crippen molar-refractivity contribution in [1.29, 1.82) is 0 Å². The van der Waals surface area contributed by atoms with Gasteiger partial charge in [0.1, 0.15) is 18.3 Å². The van der Waals surface area contributed by atoms with Gasteiger partial charge in [-0.2, -0.15) is 0 Å². The van der Waals surface area contributed by atoms with Crippen LogP contribution < -0.4 is 0 Å². The van der Waals surface area contributed by atoms with Crippen LogP contribution in [0, 0.1) is 0 Å². The molecule has 1 saturated heterocycles. The lowest BCUT2D eigenvalue weighted by molar-refractivity contribution is -0.302. The Hall–Kier alpha value is -1.24. The van der Waals surface area contributed by atoms with E-state index in [0.29, 0.717) is 6.61 Å². The number of ether oxygens (including phenoxy) is 3. The molecule has 2 N–H and O–H groups in total. The fourth-order valence-electron chi connectivity index (χ4n) is 2.24. The first-order valence-electron chi connectivity index (χ1n) is 7.03. The summed E-state index contributed by atoms with van der Waals surface area (Å²) in [6.07, 6.45) is -2.48. The molecule has 0 bridgehead atoms. The van der Waals surface area contributed by atoms with Gasteiger partial charge in [-0.1, -0.05) is 36.4 Å². The summed E-state index contributed by atoms with van der Waals surface area (Å²) in [5.74, 6) is 0. The molecule has 1 aliphatic rings. The van der Waals surface area contributed by atoms with Crippen LogP contribution in [-0.2, 0) is 20.8 Å². The predicted octanol–water partition coefficient (Wildman–Crippen LogP) is 1.24. The van der Waals surface area contributed by atoms with Gasteiger partial charge >= 0.3 is 0 Å². The quantitative estimate of drug-likeness (QED) is 0.773. The summed E-state index contributed by atoms with van der Waals surface area (Å²) in [4.78, 5) is 0. The van der Waals surface area contributed by atoms with Crippen LogP contribution in [0.5, 0.6) is 0 Å². The number of aliphatic hydroxyl groups is 2. The van der Waals surface area contributed by atoms with Crippen LogP contribution in [0.2, 0.25) is 0 Å². The van der Waals surface area contributed by atoms with E-state index >= 15 is 0 Å². The Morgan fingerprint density at radius 2 is 1.90 bits per heavy atom. The van der Waals surface area contributed by atoms with Gasteiger partial charge in [0.2, 0.25) is 0 Å². The summed E-state index contributed by atoms with van der Waals surface area (Å²) < 4.78 is 16.8. The Labute approximate surface area is 124 Å². The second kappa shape index (κ2) is 7.68. The molecule has 0 radical (unpaired) electrons. The highest BCUT2D eigenvalue weighted by Gasteiger charge is 2.44. The molecule has 5 nitrogen and oxygen atoms in total. The molecular formula is C16H22O5. The second-order valence-electron chi connectivity index (χ2n) is 5.07. The second-order valence-corrected chi connectivity index (χ2v) is 5.07. The molecule has 1 fully saturated rings. The lowest BCUT2D eigenvalue weighted by Gasteiger charge is -2.41. The summed E-state index contributed by atoms with van der Waals surface area (Å²) in [7, 11) is 0. The third-order valence-electron chi connectivity index (χ3n) is 3.45. The fraction of sp³-hybridized carbons (Fsp3) is 0.500. The van der Waals surface area contributed by atoms with E-state index in [1.165, 1.54) is 0 Å². The molecule has 2 unspecified atom stereocenters. The Morgan fingerprint density at radius 1 is 1.19 bits per heavy atom. The number of hydrogen-bond donors (Lipinski definition) is 2. The molecule has 2 rings (SSSR count). The maximum atomic E-state index is 10.2. The van der Waals surface area contributed by atoms with Crippen molar-refractivity contribution in [2.45, 2.75) is 44.2 Å². The Bertz CT molecular complexity index is 436. The molecule has 1 aromatic carbocycles. The number of rotatable bonds is 6. The Kier molecular flexibility index (Phi) is 5.90. The summed E-state index contributed by atoms with van der Waals surface area (Å²) in [5, 5.41) is 20.1. The van der Waals surface area contributed by atoms with E-state index in [2.05, 4.69) is 6.58 Å². The van der Waals surface area contributed by atoms with Crippen LogP contribution in [0.15, 0.2) is 43.0 Å². The van der Waals surface area contributed by atoms with Crippen molar-refractivity contribution < 1.29 is 24.4 Å². The molecule has 1 heterocycles. The van der Waals surface area contributed by atoms with Gasteiger partial charge in [-0.15, -0.1) is 6.58 Å². The maximum absolute atomic E-state index is 10.2. The number of hydrogen-bond acceptors (Lipinski definition) is 5. The maximum Gasteiger partial charge on any atom is 0.187 e. The molecule has 116 valence electrons. The molecule has 0 spiro atoms. The van der Waals surface area contributed by atoms with Gasteiger partial charge in [0.15, 0.2) is 6.29 Å². The Balaban J connectivity index is 2.02. The molecule has 1 aromatic rings. The van der Waals surface area contributed by atoms with Crippen LogP contribution >= 0.6 is 0 Å². The van der Waals surface area contributed by atoms with Gasteiger partial charge in [-0.05, 0) is 12.5 Å². The highest BCUT2D eigenvalue weighted by Crippen LogP contribution is 2.25. The minimum absolute atomic E-state index is 0.283. The summed E-state index contributed by atoms with van der Waals surface area (Å²) >= 11 is 0. The van der Waals surface area contributed by atoms with Crippen molar-refractivity contribution >= 4 is 0 Å². The normalized spacial score (nSPS) is 32.8. The van der Waals surface area contributed by atoms with Crippen molar-refractivity contribution in [1.82, 2.24) is 0 Å². The minimum Gasteiger partial charge on any atom is -0.388 e. The molecule has 21 heavy (non-hydrogen) atoms. The largest absolute Gasteiger partial charge is 0.388 e. The standard InChI is InChI=1S/C16H22O5/c1-3-9-19-16-15(14(18)13(17)11(2)21-16)20-10-12-7-5-4-6-8-12/h3-8,11,13-18H,1,9-10H2,2H3/t11-,13+,14?,15?,16-/m1/s1. The summed E-state index contributed by atoms with van der Waals surface area (Å²) in [6.45, 7) is 5.86. The molecule has 1 aliphatic heterocycles. The predicted molar refractivity (Wildman–Crippen MR) is 77.5 cm³/mol. The highest BCUT2D eigenvalue weighted by atomic mass is 16.7. The third kappa shape index (κ3) is 4.12. The van der Waals surface area contributed by atoms with Crippen molar-refractivity contribution in [2.24, 2.45) is 0 Å². The monoisotopic (exact) mass is 294 g/mol. The van der Waals surface area contributed by atoms with Gasteiger partial charge in [0.25, 0.3) is 0 Å². The highest BCUT2D eigenvalue weighted by molar-refractivity contribution is 5.13. The van der Waals surface area contributed by atoms with E-state index in [1.54, 1.807) is 13.0 Å². The van der Waals surface area contributed by atoms with Crippen molar-refractivity contribution in [3.8, 4) is 0 Å². The molecular weight excluding hydrogens is 272 g/mol. The molecule has 0 aromatic heterocycles. The first-order valence-corrected chi connectivity index (χ1v) is 7.03. The van der Waals surface area contributed by atoms with Gasteiger partial charge < -0.3 is 24.4 Å². The van der Waals surface area contributed by atoms with Crippen LogP contribution in [0.4, 0.5) is 0 Å². The van der Waals surface area contributed by atoms with Crippen molar-refractivity contribution in [3.63, 3.8) is 0 Å². The van der Waals surface area contributed by atoms with Gasteiger partial charge in [0, 0.05) is 0 Å². The SMILES string of the molecule is C=CCO[C@@H]1O[C@H](C)[C@H](O)C(O)C1OCc1ccccc1. The van der Waals surface area contributed by atoms with E-state index in [0.717, 1.165) is 5.56 Å². The van der Waals surface area contributed by atoms with Gasteiger partial charge in [-0.3, -0.25) is 0 Å². The first kappa shape index (κ1) is 16.1. The van der Waals surface area contributed by atoms with Gasteiger partial charge in [0.05, 0.1) is 19.3 Å². The average molecular weight is 294 g/mol. The van der Waals surface area contributed by atoms with Crippen molar-refractivity contribution in [3.05, 3.63) is 48.6 Å². The molecule has 5 heteroatoms. The summed E-state index contributed by atoms with van der Waals surface area (Å²) in [6, 6.07) is 9.59. The third-order valence-corrected chi connectivity index (χ3v) is 3.45. The first-order chi connectivity index (χ1) is 10.1. The Morgan fingerprint density at radius 3 is 2.57 bits per heavy atom. The van der Waals surface area contributed by atoms with E-state index in [-0.39, 0.29) is 6.61 Å². The zero-order valence-electron chi connectivity index (χ0n) is 12.1. The summed E-state index contributed by atoms with van der Waals surface area (Å²) in [5.41, 5.74) is 0.972. The molecule has 5 atom stereocenters. The lowest BCUT2D eigenvalue weighted by atomic mass is 10.00. The van der Waals surface area contributed by atoms with E-state index in [9.17, 15) is 10.2 Å². The van der Waals surface area contributed by atoms with Crippen LogP contribution in [0.1, 0.15) is 12.5 Å². The van der Waals surface area contributed by atoms with E-state index in [4.69, 9.17) is 14.2 Å². The van der Waals surface area contributed by atoms with E-state index < -0.39 is 30.7 Å². The zero-order valence-corrected chi connectivity index (χ0v) is 12.1. The smallest absolute Gasteiger partial charge is 0.187 e. The molecule has 0 aliphatic carbocycles. The van der Waals surface area contributed by atoms with Crippen LogP contribution in [-0.4, -0.2) is 47.5 Å². The topological polar surface area (TPSA) is 68.2 Å². The average Bonchev–Trinajstić information content (AvgIpc) is 2.51. The zero-order chi connectivity index (χ0) is 15.2. The lowest BCUT2D eigenvalue weighted by Crippen LogP contribution is -2.58. The van der Waals surface area contributed by atoms with Crippen molar-refractivity contribution in [2.75, 3.05) is 6.61 Å². The molecule has 0 amide bonds. The number of benzene rings is 1. The minimum atomic E-state index is -1.06. The van der Waals surface area contributed by atoms with Crippen LogP contribution in [0.25, 0.3) is 0 Å². The fourth-order valence-corrected chi connectivity index (χ4v) is 2.24. The molecule has 0 saturated carbocycles. The number of aliphatic hydroxyl groups excluding tert-OH is 2. The van der Waals surface area contributed by atoms with E-state index in [1.807, 2.05) is 30.3 Å².